The second kappa shape index (κ2) is 8.15. The third kappa shape index (κ3) is 5.19. The molecule has 1 rings (SSSR count). The Morgan fingerprint density at radius 1 is 1.16 bits per heavy atom. The van der Waals surface area contributed by atoms with Crippen molar-refractivity contribution >= 4 is 0 Å². The summed E-state index contributed by atoms with van der Waals surface area (Å²) in [7, 11) is 0. The van der Waals surface area contributed by atoms with Crippen molar-refractivity contribution in [2.75, 3.05) is 19.8 Å². The van der Waals surface area contributed by atoms with Crippen LogP contribution in [0.1, 0.15) is 38.0 Å². The van der Waals surface area contributed by atoms with Crippen LogP contribution in [0.15, 0.2) is 18.2 Å². The first-order valence-corrected chi connectivity index (χ1v) is 6.73. The molecule has 0 radical (unpaired) electrons. The van der Waals surface area contributed by atoms with E-state index in [-0.39, 0.29) is 6.29 Å². The van der Waals surface area contributed by atoms with Crippen LogP contribution in [0.3, 0.4) is 0 Å². The zero-order chi connectivity index (χ0) is 14.3. The van der Waals surface area contributed by atoms with Gasteiger partial charge in [0.25, 0.3) is 0 Å². The highest BCUT2D eigenvalue weighted by Gasteiger charge is 2.11. The Bertz CT molecular complexity index is 370. The molecule has 0 saturated carbocycles. The standard InChI is InChI=1S/C15H24O4/c1-5-17-15(18-6-2)10-19-14-8-7-13(12(4)16)9-11(14)3/h7-9,12,15-16H,5-6,10H2,1-4H3/t12-/m0/s1. The third-order valence-electron chi connectivity index (χ3n) is 2.76. The van der Waals surface area contributed by atoms with Crippen LogP contribution in [0, 0.1) is 6.92 Å². The lowest BCUT2D eigenvalue weighted by Crippen LogP contribution is -2.25. The van der Waals surface area contributed by atoms with Gasteiger partial charge in [0.2, 0.25) is 0 Å². The van der Waals surface area contributed by atoms with Crippen molar-refractivity contribution in [2.45, 2.75) is 40.1 Å². The molecule has 4 heteroatoms. The minimum Gasteiger partial charge on any atom is -0.488 e. The molecule has 108 valence electrons. The van der Waals surface area contributed by atoms with Gasteiger partial charge < -0.3 is 19.3 Å². The van der Waals surface area contributed by atoms with E-state index in [1.807, 2.05) is 39.0 Å². The topological polar surface area (TPSA) is 47.9 Å². The van der Waals surface area contributed by atoms with Gasteiger partial charge in [-0.15, -0.1) is 0 Å². The van der Waals surface area contributed by atoms with E-state index in [0.29, 0.717) is 19.8 Å². The summed E-state index contributed by atoms with van der Waals surface area (Å²) < 4.78 is 16.5. The molecule has 0 heterocycles. The molecular weight excluding hydrogens is 244 g/mol. The number of rotatable bonds is 8. The maximum atomic E-state index is 9.52. The van der Waals surface area contributed by atoms with E-state index < -0.39 is 6.10 Å². The lowest BCUT2D eigenvalue weighted by Gasteiger charge is -2.18. The summed E-state index contributed by atoms with van der Waals surface area (Å²) in [5.74, 6) is 0.786. The molecule has 1 atom stereocenters. The highest BCUT2D eigenvalue weighted by Crippen LogP contribution is 2.22. The van der Waals surface area contributed by atoms with Gasteiger partial charge in [0.1, 0.15) is 12.4 Å². The van der Waals surface area contributed by atoms with Crippen LogP contribution in [0.4, 0.5) is 0 Å². The molecule has 0 spiro atoms. The first-order chi connectivity index (χ1) is 9.08. The number of ether oxygens (including phenoxy) is 3. The number of benzene rings is 1. The van der Waals surface area contributed by atoms with Crippen molar-refractivity contribution in [2.24, 2.45) is 0 Å². The predicted octanol–water partition coefficient (Wildman–Crippen LogP) is 2.83. The SMILES string of the molecule is CCOC(COc1ccc([C@H](C)O)cc1C)OCC. The van der Waals surface area contributed by atoms with E-state index in [2.05, 4.69) is 0 Å². The van der Waals surface area contributed by atoms with Gasteiger partial charge in [0.05, 0.1) is 6.10 Å². The number of aliphatic hydroxyl groups is 1. The van der Waals surface area contributed by atoms with Crippen molar-refractivity contribution in [3.05, 3.63) is 29.3 Å². The smallest absolute Gasteiger partial charge is 0.191 e. The Morgan fingerprint density at radius 3 is 2.26 bits per heavy atom. The summed E-state index contributed by atoms with van der Waals surface area (Å²) in [5, 5.41) is 9.52. The first kappa shape index (κ1) is 16.0. The van der Waals surface area contributed by atoms with Crippen LogP contribution in [0.5, 0.6) is 5.75 Å². The molecule has 0 bridgehead atoms. The molecule has 0 saturated heterocycles. The lowest BCUT2D eigenvalue weighted by atomic mass is 10.1. The van der Waals surface area contributed by atoms with Gasteiger partial charge >= 0.3 is 0 Å². The number of hydrogen-bond donors (Lipinski definition) is 1. The fraction of sp³-hybridized carbons (Fsp3) is 0.600. The molecule has 0 aliphatic rings. The fourth-order valence-corrected chi connectivity index (χ4v) is 1.77. The molecule has 0 aliphatic heterocycles. The first-order valence-electron chi connectivity index (χ1n) is 6.73. The number of aliphatic hydroxyl groups excluding tert-OH is 1. The van der Waals surface area contributed by atoms with Crippen molar-refractivity contribution in [1.29, 1.82) is 0 Å². The summed E-state index contributed by atoms with van der Waals surface area (Å²) >= 11 is 0. The monoisotopic (exact) mass is 268 g/mol. The second-order valence-corrected chi connectivity index (χ2v) is 4.35. The summed E-state index contributed by atoms with van der Waals surface area (Å²) in [6.07, 6.45) is -0.807. The fourth-order valence-electron chi connectivity index (χ4n) is 1.77. The van der Waals surface area contributed by atoms with Crippen LogP contribution in [-0.2, 0) is 9.47 Å². The average molecular weight is 268 g/mol. The minimum absolute atomic E-state index is 0.342. The van der Waals surface area contributed by atoms with Gasteiger partial charge in [0, 0.05) is 13.2 Å². The second-order valence-electron chi connectivity index (χ2n) is 4.35. The van der Waals surface area contributed by atoms with E-state index in [1.165, 1.54) is 0 Å². The Balaban J connectivity index is 2.61. The van der Waals surface area contributed by atoms with E-state index in [4.69, 9.17) is 14.2 Å². The molecule has 0 amide bonds. The predicted molar refractivity (Wildman–Crippen MR) is 74.3 cm³/mol. The Kier molecular flexibility index (Phi) is 6.84. The van der Waals surface area contributed by atoms with Gasteiger partial charge in [-0.05, 0) is 51.0 Å². The molecule has 0 aliphatic carbocycles. The lowest BCUT2D eigenvalue weighted by molar-refractivity contribution is -0.152. The summed E-state index contributed by atoms with van der Waals surface area (Å²) in [6.45, 7) is 9.09. The average Bonchev–Trinajstić information content (AvgIpc) is 2.37. The molecule has 4 nitrogen and oxygen atoms in total. The van der Waals surface area contributed by atoms with Gasteiger partial charge in [-0.1, -0.05) is 6.07 Å². The van der Waals surface area contributed by atoms with Crippen LogP contribution < -0.4 is 4.74 Å². The molecule has 0 fully saturated rings. The quantitative estimate of drug-likeness (QED) is 0.736. The molecular formula is C15H24O4. The van der Waals surface area contributed by atoms with Crippen LogP contribution in [0.2, 0.25) is 0 Å². The zero-order valence-corrected chi connectivity index (χ0v) is 12.2. The van der Waals surface area contributed by atoms with E-state index in [0.717, 1.165) is 16.9 Å². The van der Waals surface area contributed by atoms with Crippen LogP contribution in [0.25, 0.3) is 0 Å². The minimum atomic E-state index is -0.465. The van der Waals surface area contributed by atoms with Gasteiger partial charge in [-0.25, -0.2) is 0 Å². The highest BCUT2D eigenvalue weighted by molar-refractivity contribution is 5.36. The molecule has 19 heavy (non-hydrogen) atoms. The molecule has 1 N–H and O–H groups in total. The van der Waals surface area contributed by atoms with Gasteiger partial charge in [-0.3, -0.25) is 0 Å². The number of hydrogen-bond acceptors (Lipinski definition) is 4. The third-order valence-corrected chi connectivity index (χ3v) is 2.76. The largest absolute Gasteiger partial charge is 0.488 e. The summed E-state index contributed by atoms with van der Waals surface area (Å²) in [6, 6.07) is 5.66. The molecule has 1 aromatic rings. The van der Waals surface area contributed by atoms with Crippen molar-refractivity contribution in [3.8, 4) is 5.75 Å². The van der Waals surface area contributed by atoms with Crippen LogP contribution >= 0.6 is 0 Å². The van der Waals surface area contributed by atoms with Gasteiger partial charge in [-0.2, -0.15) is 0 Å². The Labute approximate surface area is 115 Å². The van der Waals surface area contributed by atoms with E-state index >= 15 is 0 Å². The van der Waals surface area contributed by atoms with Crippen molar-refractivity contribution < 1.29 is 19.3 Å². The van der Waals surface area contributed by atoms with Crippen molar-refractivity contribution in [1.82, 2.24) is 0 Å². The zero-order valence-electron chi connectivity index (χ0n) is 12.2. The van der Waals surface area contributed by atoms with Crippen molar-refractivity contribution in [3.63, 3.8) is 0 Å². The normalized spacial score (nSPS) is 12.7. The van der Waals surface area contributed by atoms with Crippen LogP contribution in [-0.4, -0.2) is 31.2 Å². The summed E-state index contributed by atoms with van der Waals surface area (Å²) in [5.41, 5.74) is 1.88. The molecule has 1 aromatic carbocycles. The molecule has 0 unspecified atom stereocenters. The van der Waals surface area contributed by atoms with E-state index in [1.54, 1.807) is 6.92 Å². The Hall–Kier alpha value is -1.10. The maximum Gasteiger partial charge on any atom is 0.191 e. The maximum absolute atomic E-state index is 9.52. The summed E-state index contributed by atoms with van der Waals surface area (Å²) in [4.78, 5) is 0. The molecule has 0 aromatic heterocycles. The highest BCUT2D eigenvalue weighted by atomic mass is 16.7. The Morgan fingerprint density at radius 2 is 1.79 bits per heavy atom. The van der Waals surface area contributed by atoms with E-state index in [9.17, 15) is 5.11 Å². The number of aryl methyl sites for hydroxylation is 1. The van der Waals surface area contributed by atoms with Gasteiger partial charge in [0.15, 0.2) is 6.29 Å².